The topological polar surface area (TPSA) is 86.5 Å². The zero-order chi connectivity index (χ0) is 15.8. The number of benzene rings is 1. The molecule has 1 aliphatic carbocycles. The van der Waals surface area contributed by atoms with Gasteiger partial charge in [-0.3, -0.25) is 0 Å². The van der Waals surface area contributed by atoms with E-state index in [4.69, 9.17) is 10.5 Å². The van der Waals surface area contributed by atoms with Crippen LogP contribution in [0.15, 0.2) is 24.3 Å². The Bertz CT molecular complexity index is 661. The van der Waals surface area contributed by atoms with Gasteiger partial charge in [-0.25, -0.2) is 17.6 Å². The van der Waals surface area contributed by atoms with Crippen LogP contribution in [0.1, 0.15) is 25.3 Å². The highest BCUT2D eigenvalue weighted by atomic mass is 32.2. The zero-order valence-electron chi connectivity index (χ0n) is 11.9. The maximum Gasteiger partial charge on any atom is 0.328 e. The average Bonchev–Trinajstić information content (AvgIpc) is 3.08. The maximum absolute atomic E-state index is 13.4. The smallest absolute Gasteiger partial charge is 0.328 e. The van der Waals surface area contributed by atoms with E-state index in [1.54, 1.807) is 13.0 Å². The molecule has 5 nitrogen and oxygen atoms in total. The Morgan fingerprint density at radius 1 is 1.43 bits per heavy atom. The third-order valence-electron chi connectivity index (χ3n) is 3.81. The fraction of sp³-hybridized carbons (Fsp3) is 0.500. The summed E-state index contributed by atoms with van der Waals surface area (Å²) in [4.78, 5) is 12.1. The highest BCUT2D eigenvalue weighted by molar-refractivity contribution is 7.92. The number of hydrogen-bond acceptors (Lipinski definition) is 5. The van der Waals surface area contributed by atoms with Crippen LogP contribution >= 0.6 is 0 Å². The van der Waals surface area contributed by atoms with Gasteiger partial charge < -0.3 is 10.5 Å². The molecular formula is C14H18FNO4S. The molecule has 2 rings (SSSR count). The quantitative estimate of drug-likeness (QED) is 0.819. The molecule has 0 amide bonds. The average molecular weight is 315 g/mol. The Morgan fingerprint density at radius 3 is 2.62 bits per heavy atom. The standard InChI is InChI=1S/C14H18FNO4S/c1-3-20-13(17)14(16)11(12(14)21(18,19)4-2)9-6-5-7-10(15)8-9/h5-8,11-12H,3-4,16H2,1-2H3/t11-,12-,14+/m1/s1. The van der Waals surface area contributed by atoms with Crippen molar-refractivity contribution in [2.24, 2.45) is 5.73 Å². The number of sulfone groups is 1. The summed E-state index contributed by atoms with van der Waals surface area (Å²) in [6, 6.07) is 5.48. The minimum absolute atomic E-state index is 0.104. The molecule has 3 atom stereocenters. The van der Waals surface area contributed by atoms with Gasteiger partial charge in [-0.1, -0.05) is 19.1 Å². The van der Waals surface area contributed by atoms with E-state index in [1.165, 1.54) is 25.1 Å². The van der Waals surface area contributed by atoms with Crippen molar-refractivity contribution in [2.75, 3.05) is 12.4 Å². The number of ether oxygens (including phenoxy) is 1. The van der Waals surface area contributed by atoms with Crippen molar-refractivity contribution in [1.82, 2.24) is 0 Å². The molecule has 0 heterocycles. The van der Waals surface area contributed by atoms with Crippen LogP contribution < -0.4 is 5.73 Å². The van der Waals surface area contributed by atoms with E-state index in [2.05, 4.69) is 0 Å². The maximum atomic E-state index is 13.4. The molecular weight excluding hydrogens is 297 g/mol. The molecule has 0 bridgehead atoms. The molecule has 0 aliphatic heterocycles. The van der Waals surface area contributed by atoms with Crippen LogP contribution in [0.25, 0.3) is 0 Å². The molecule has 0 radical (unpaired) electrons. The molecule has 0 aromatic heterocycles. The third kappa shape index (κ3) is 2.55. The Kier molecular flexibility index (Phi) is 4.08. The van der Waals surface area contributed by atoms with Crippen molar-refractivity contribution in [3.05, 3.63) is 35.6 Å². The molecule has 1 fully saturated rings. The summed E-state index contributed by atoms with van der Waals surface area (Å²) in [6.45, 7) is 3.21. The van der Waals surface area contributed by atoms with Gasteiger partial charge in [-0.05, 0) is 24.6 Å². The van der Waals surface area contributed by atoms with Gasteiger partial charge in [0.15, 0.2) is 9.84 Å². The van der Waals surface area contributed by atoms with Gasteiger partial charge >= 0.3 is 5.97 Å². The molecule has 1 aliphatic rings. The summed E-state index contributed by atoms with van der Waals surface area (Å²) >= 11 is 0. The Hall–Kier alpha value is -1.47. The number of carbonyl (C=O) groups excluding carboxylic acids is 1. The van der Waals surface area contributed by atoms with E-state index in [0.29, 0.717) is 5.56 Å². The second kappa shape index (κ2) is 5.38. The van der Waals surface area contributed by atoms with Crippen molar-refractivity contribution in [3.8, 4) is 0 Å². The number of esters is 1. The summed E-state index contributed by atoms with van der Waals surface area (Å²) < 4.78 is 42.6. The van der Waals surface area contributed by atoms with Crippen molar-refractivity contribution >= 4 is 15.8 Å². The molecule has 1 aromatic rings. The van der Waals surface area contributed by atoms with Crippen molar-refractivity contribution in [1.29, 1.82) is 0 Å². The summed E-state index contributed by atoms with van der Waals surface area (Å²) in [6.07, 6.45) is 0. The molecule has 116 valence electrons. The lowest BCUT2D eigenvalue weighted by atomic mass is 10.1. The molecule has 7 heteroatoms. The van der Waals surface area contributed by atoms with E-state index in [1.807, 2.05) is 0 Å². The van der Waals surface area contributed by atoms with Gasteiger partial charge in [-0.2, -0.15) is 0 Å². The van der Waals surface area contributed by atoms with Gasteiger partial charge in [0.05, 0.1) is 11.9 Å². The van der Waals surface area contributed by atoms with Crippen molar-refractivity contribution < 1.29 is 22.3 Å². The second-order valence-electron chi connectivity index (χ2n) is 5.06. The first-order valence-electron chi connectivity index (χ1n) is 6.72. The monoisotopic (exact) mass is 315 g/mol. The van der Waals surface area contributed by atoms with Crippen LogP contribution in [0.4, 0.5) is 4.39 Å². The molecule has 2 N–H and O–H groups in total. The van der Waals surface area contributed by atoms with Gasteiger partial charge in [0, 0.05) is 11.7 Å². The lowest BCUT2D eigenvalue weighted by molar-refractivity contribution is -0.145. The van der Waals surface area contributed by atoms with E-state index in [0.717, 1.165) is 0 Å². The third-order valence-corrected chi connectivity index (χ3v) is 6.05. The summed E-state index contributed by atoms with van der Waals surface area (Å²) in [5, 5.41) is -1.07. The van der Waals surface area contributed by atoms with Crippen molar-refractivity contribution in [2.45, 2.75) is 30.6 Å². The first-order valence-corrected chi connectivity index (χ1v) is 8.43. The van der Waals surface area contributed by atoms with E-state index < -0.39 is 38.3 Å². The highest BCUT2D eigenvalue weighted by Gasteiger charge is 2.74. The van der Waals surface area contributed by atoms with Crippen LogP contribution in [0.2, 0.25) is 0 Å². The fourth-order valence-corrected chi connectivity index (χ4v) is 4.62. The molecule has 1 aromatic carbocycles. The number of carbonyl (C=O) groups is 1. The number of hydrogen-bond donors (Lipinski definition) is 1. The lowest BCUT2D eigenvalue weighted by Gasteiger charge is -2.10. The minimum atomic E-state index is -3.55. The fourth-order valence-electron chi connectivity index (χ4n) is 2.71. The summed E-state index contributed by atoms with van der Waals surface area (Å²) in [7, 11) is -3.55. The van der Waals surface area contributed by atoms with E-state index >= 15 is 0 Å². The lowest BCUT2D eigenvalue weighted by Crippen LogP contribution is -2.41. The molecule has 0 unspecified atom stereocenters. The van der Waals surface area contributed by atoms with Gasteiger partial charge in [0.25, 0.3) is 0 Å². The minimum Gasteiger partial charge on any atom is -0.465 e. The number of rotatable bonds is 5. The highest BCUT2D eigenvalue weighted by Crippen LogP contribution is 2.55. The van der Waals surface area contributed by atoms with Crippen LogP contribution in [0.3, 0.4) is 0 Å². The number of halogens is 1. The Morgan fingerprint density at radius 2 is 2.10 bits per heavy atom. The summed E-state index contributed by atoms with van der Waals surface area (Å²) in [5.41, 5.74) is 4.79. The zero-order valence-corrected chi connectivity index (χ0v) is 12.7. The van der Waals surface area contributed by atoms with Crippen LogP contribution in [0, 0.1) is 5.82 Å². The van der Waals surface area contributed by atoms with Gasteiger partial charge in [-0.15, -0.1) is 0 Å². The van der Waals surface area contributed by atoms with E-state index in [-0.39, 0.29) is 12.4 Å². The van der Waals surface area contributed by atoms with Crippen molar-refractivity contribution in [3.63, 3.8) is 0 Å². The Labute approximate surface area is 123 Å². The second-order valence-corrected chi connectivity index (χ2v) is 7.47. The largest absolute Gasteiger partial charge is 0.465 e. The molecule has 0 saturated heterocycles. The molecule has 1 saturated carbocycles. The van der Waals surface area contributed by atoms with Gasteiger partial charge in [0.2, 0.25) is 0 Å². The van der Waals surface area contributed by atoms with Crippen LogP contribution in [0.5, 0.6) is 0 Å². The first kappa shape index (κ1) is 15.9. The number of nitrogens with two attached hydrogens (primary N) is 1. The predicted octanol–water partition coefficient (Wildman–Crippen LogP) is 0.987. The normalized spacial score (nSPS) is 28.2. The molecule has 21 heavy (non-hydrogen) atoms. The first-order chi connectivity index (χ1) is 9.79. The predicted molar refractivity (Wildman–Crippen MR) is 75.9 cm³/mol. The Balaban J connectivity index is 2.45. The SMILES string of the molecule is CCOC(=O)[C@]1(N)[C@H](c2cccc(F)c2)[C@H]1S(=O)(=O)CC. The van der Waals surface area contributed by atoms with Crippen LogP contribution in [-0.2, 0) is 19.4 Å². The molecule has 0 spiro atoms. The van der Waals surface area contributed by atoms with Gasteiger partial charge in [0.1, 0.15) is 11.4 Å². The van der Waals surface area contributed by atoms with E-state index in [9.17, 15) is 17.6 Å². The summed E-state index contributed by atoms with van der Waals surface area (Å²) in [5.74, 6) is -2.18. The van der Waals surface area contributed by atoms with Crippen LogP contribution in [-0.4, -0.2) is 37.5 Å².